The van der Waals surface area contributed by atoms with Crippen molar-refractivity contribution in [2.24, 2.45) is 11.3 Å². The molecule has 0 unspecified atom stereocenters. The average Bonchev–Trinajstić information content (AvgIpc) is 3.14. The maximum atomic E-state index is 12.8. The van der Waals surface area contributed by atoms with Gasteiger partial charge < -0.3 is 10.2 Å². The third kappa shape index (κ3) is 2.50. The van der Waals surface area contributed by atoms with Crippen LogP contribution in [0.15, 0.2) is 24.3 Å². The summed E-state index contributed by atoms with van der Waals surface area (Å²) in [6.07, 6.45) is 4.33. The summed E-state index contributed by atoms with van der Waals surface area (Å²) in [4.78, 5) is 26.9. The van der Waals surface area contributed by atoms with Gasteiger partial charge in [0.15, 0.2) is 0 Å². The molecular weight excluding hydrogens is 300 g/mol. The maximum absolute atomic E-state index is 12.8. The van der Waals surface area contributed by atoms with E-state index in [4.69, 9.17) is 11.6 Å². The Balaban J connectivity index is 1.86. The predicted molar refractivity (Wildman–Crippen MR) is 85.8 cm³/mol. The number of benzene rings is 1. The minimum absolute atomic E-state index is 0.0446. The van der Waals surface area contributed by atoms with Gasteiger partial charge in [0.2, 0.25) is 5.91 Å². The molecule has 1 N–H and O–H groups in total. The molecule has 2 fully saturated rings. The van der Waals surface area contributed by atoms with E-state index >= 15 is 0 Å². The van der Waals surface area contributed by atoms with Gasteiger partial charge in [-0.1, -0.05) is 36.6 Å². The molecule has 0 aromatic heterocycles. The summed E-state index contributed by atoms with van der Waals surface area (Å²) in [7, 11) is 1.67. The molecule has 5 heteroatoms. The van der Waals surface area contributed by atoms with Crippen molar-refractivity contribution < 1.29 is 9.59 Å². The second kappa shape index (κ2) is 5.92. The van der Waals surface area contributed by atoms with E-state index in [0.29, 0.717) is 23.7 Å². The number of carbonyl (C=O) groups excluding carboxylic acids is 2. The van der Waals surface area contributed by atoms with Crippen LogP contribution in [-0.2, 0) is 4.79 Å². The lowest BCUT2D eigenvalue weighted by molar-refractivity contribution is -0.127. The van der Waals surface area contributed by atoms with Crippen LogP contribution < -0.4 is 5.32 Å². The molecule has 1 atom stereocenters. The smallest absolute Gasteiger partial charge is 0.255 e. The fourth-order valence-electron chi connectivity index (χ4n) is 4.05. The Labute approximate surface area is 135 Å². The molecule has 2 amide bonds. The van der Waals surface area contributed by atoms with Gasteiger partial charge in [0.05, 0.1) is 16.5 Å². The standard InChI is InChI=1S/C17H21ClN2O2/c1-19-15(21)13-10-20(11-17(13)8-4-5-9-17)16(22)12-6-2-3-7-14(12)18/h2-3,6-7,13H,4-5,8-11H2,1H3,(H,19,21)/t13-/m1/s1. The minimum Gasteiger partial charge on any atom is -0.359 e. The Hall–Kier alpha value is -1.55. The van der Waals surface area contributed by atoms with Crippen molar-refractivity contribution >= 4 is 23.4 Å². The summed E-state index contributed by atoms with van der Waals surface area (Å²) in [6, 6.07) is 7.11. The van der Waals surface area contributed by atoms with Gasteiger partial charge in [-0.15, -0.1) is 0 Å². The lowest BCUT2D eigenvalue weighted by atomic mass is 9.76. The first-order valence-corrected chi connectivity index (χ1v) is 8.20. The molecule has 1 aromatic rings. The Bertz CT molecular complexity index is 596. The second-order valence-electron chi connectivity index (χ2n) is 6.40. The number of nitrogens with zero attached hydrogens (tertiary/aromatic N) is 1. The minimum atomic E-state index is -0.105. The van der Waals surface area contributed by atoms with Gasteiger partial charge in [0, 0.05) is 25.6 Å². The highest BCUT2D eigenvalue weighted by atomic mass is 35.5. The fraction of sp³-hybridized carbons (Fsp3) is 0.529. The molecule has 1 spiro atoms. The zero-order valence-electron chi connectivity index (χ0n) is 12.8. The van der Waals surface area contributed by atoms with Gasteiger partial charge in [-0.2, -0.15) is 0 Å². The van der Waals surface area contributed by atoms with E-state index < -0.39 is 0 Å². The fourth-order valence-corrected chi connectivity index (χ4v) is 4.27. The third-order valence-electron chi connectivity index (χ3n) is 5.20. The predicted octanol–water partition coefficient (Wildman–Crippen LogP) is 2.72. The van der Waals surface area contributed by atoms with E-state index in [1.54, 1.807) is 19.2 Å². The zero-order valence-corrected chi connectivity index (χ0v) is 13.5. The van der Waals surface area contributed by atoms with Gasteiger partial charge in [-0.25, -0.2) is 0 Å². The molecule has 2 aliphatic rings. The molecule has 1 aliphatic heterocycles. The zero-order chi connectivity index (χ0) is 15.7. The van der Waals surface area contributed by atoms with Crippen molar-refractivity contribution in [3.05, 3.63) is 34.9 Å². The quantitative estimate of drug-likeness (QED) is 0.911. The van der Waals surface area contributed by atoms with Crippen LogP contribution in [0.5, 0.6) is 0 Å². The Kier molecular flexibility index (Phi) is 4.13. The number of amides is 2. The van der Waals surface area contributed by atoms with Gasteiger partial charge in [0.1, 0.15) is 0 Å². The van der Waals surface area contributed by atoms with Gasteiger partial charge in [-0.3, -0.25) is 9.59 Å². The normalized spacial score (nSPS) is 23.0. The van der Waals surface area contributed by atoms with Crippen molar-refractivity contribution in [3.63, 3.8) is 0 Å². The molecule has 4 nitrogen and oxygen atoms in total. The first-order chi connectivity index (χ1) is 10.6. The highest BCUT2D eigenvalue weighted by molar-refractivity contribution is 6.33. The third-order valence-corrected chi connectivity index (χ3v) is 5.53. The molecule has 3 rings (SSSR count). The van der Waals surface area contributed by atoms with Gasteiger partial charge >= 0.3 is 0 Å². The molecule has 22 heavy (non-hydrogen) atoms. The number of likely N-dealkylation sites (tertiary alicyclic amines) is 1. The topological polar surface area (TPSA) is 49.4 Å². The van der Waals surface area contributed by atoms with Crippen molar-refractivity contribution in [1.82, 2.24) is 10.2 Å². The number of rotatable bonds is 2. The first kappa shape index (κ1) is 15.3. The summed E-state index contributed by atoms with van der Waals surface area (Å²) in [5, 5.41) is 3.23. The molecule has 1 aromatic carbocycles. The Morgan fingerprint density at radius 2 is 1.95 bits per heavy atom. The highest BCUT2D eigenvalue weighted by Gasteiger charge is 2.52. The van der Waals surface area contributed by atoms with Crippen LogP contribution in [0.25, 0.3) is 0 Å². The van der Waals surface area contributed by atoms with Crippen molar-refractivity contribution in [1.29, 1.82) is 0 Å². The van der Waals surface area contributed by atoms with Crippen molar-refractivity contribution in [3.8, 4) is 0 Å². The van der Waals surface area contributed by atoms with E-state index in [-0.39, 0.29) is 23.1 Å². The van der Waals surface area contributed by atoms with Crippen LogP contribution in [0.1, 0.15) is 36.0 Å². The van der Waals surface area contributed by atoms with E-state index in [1.165, 1.54) is 0 Å². The summed E-state index contributed by atoms with van der Waals surface area (Å²) in [5.41, 5.74) is 0.478. The highest BCUT2D eigenvalue weighted by Crippen LogP contribution is 2.49. The SMILES string of the molecule is CNC(=O)[C@H]1CN(C(=O)c2ccccc2Cl)CC12CCCC2. The number of nitrogens with one attached hydrogen (secondary N) is 1. The number of hydrogen-bond donors (Lipinski definition) is 1. The average molecular weight is 321 g/mol. The summed E-state index contributed by atoms with van der Waals surface area (Å²) >= 11 is 6.15. The largest absolute Gasteiger partial charge is 0.359 e. The lowest BCUT2D eigenvalue weighted by Crippen LogP contribution is -2.38. The molecule has 1 aliphatic carbocycles. The summed E-state index contributed by atoms with van der Waals surface area (Å²) < 4.78 is 0. The molecule has 0 bridgehead atoms. The van der Waals surface area contributed by atoms with E-state index in [9.17, 15) is 9.59 Å². The first-order valence-electron chi connectivity index (χ1n) is 7.83. The molecule has 1 saturated heterocycles. The van der Waals surface area contributed by atoms with Crippen molar-refractivity contribution in [2.45, 2.75) is 25.7 Å². The van der Waals surface area contributed by atoms with E-state index in [1.807, 2.05) is 17.0 Å². The number of carbonyl (C=O) groups is 2. The molecular formula is C17H21ClN2O2. The Morgan fingerprint density at radius 1 is 1.27 bits per heavy atom. The van der Waals surface area contributed by atoms with Gasteiger partial charge in [-0.05, 0) is 25.0 Å². The van der Waals surface area contributed by atoms with Crippen LogP contribution in [-0.4, -0.2) is 36.9 Å². The van der Waals surface area contributed by atoms with Crippen LogP contribution in [0.4, 0.5) is 0 Å². The van der Waals surface area contributed by atoms with Crippen molar-refractivity contribution in [2.75, 3.05) is 20.1 Å². The van der Waals surface area contributed by atoms with Crippen LogP contribution in [0.3, 0.4) is 0 Å². The molecule has 118 valence electrons. The molecule has 0 radical (unpaired) electrons. The van der Waals surface area contributed by atoms with E-state index in [2.05, 4.69) is 5.32 Å². The molecule has 1 saturated carbocycles. The summed E-state index contributed by atoms with van der Waals surface area (Å²) in [6.45, 7) is 1.15. The maximum Gasteiger partial charge on any atom is 0.255 e. The summed E-state index contributed by atoms with van der Waals surface area (Å²) in [5.74, 6) is -0.119. The number of hydrogen-bond acceptors (Lipinski definition) is 2. The van der Waals surface area contributed by atoms with E-state index in [0.717, 1.165) is 25.7 Å². The van der Waals surface area contributed by atoms with Gasteiger partial charge in [0.25, 0.3) is 5.91 Å². The lowest BCUT2D eigenvalue weighted by Gasteiger charge is -2.28. The van der Waals surface area contributed by atoms with Crippen LogP contribution >= 0.6 is 11.6 Å². The number of halogens is 1. The Morgan fingerprint density at radius 3 is 2.59 bits per heavy atom. The van der Waals surface area contributed by atoms with Crippen LogP contribution in [0.2, 0.25) is 5.02 Å². The second-order valence-corrected chi connectivity index (χ2v) is 6.81. The molecule has 1 heterocycles. The van der Waals surface area contributed by atoms with Crippen LogP contribution in [0, 0.1) is 11.3 Å². The monoisotopic (exact) mass is 320 g/mol.